The van der Waals surface area contributed by atoms with Gasteiger partial charge in [0.25, 0.3) is 0 Å². The second kappa shape index (κ2) is 8.16. The molecule has 0 amide bonds. The lowest BCUT2D eigenvalue weighted by Gasteiger charge is -2.46. The van der Waals surface area contributed by atoms with Crippen LogP contribution in [-0.2, 0) is 0 Å². The Hall–Kier alpha value is -2.58. The van der Waals surface area contributed by atoms with Gasteiger partial charge in [0.15, 0.2) is 0 Å². The van der Waals surface area contributed by atoms with E-state index in [0.29, 0.717) is 17.5 Å². The van der Waals surface area contributed by atoms with Crippen LogP contribution in [-0.4, -0.2) is 27.5 Å². The zero-order valence-electron chi connectivity index (χ0n) is 16.2. The third-order valence-electron chi connectivity index (χ3n) is 5.87. The molecule has 1 fully saturated rings. The monoisotopic (exact) mass is 451 g/mol. The van der Waals surface area contributed by atoms with Crippen LogP contribution >= 0.6 is 11.6 Å². The molecule has 162 valence electrons. The second-order valence-electron chi connectivity index (χ2n) is 7.59. The van der Waals surface area contributed by atoms with Gasteiger partial charge in [-0.25, -0.2) is 4.39 Å². The quantitative estimate of drug-likeness (QED) is 0.371. The molecule has 9 heteroatoms. The standard InChI is InChI=1S/C22H18ClF4N3O/c23-16-8-7-14(24)11-15(16)20(31)21(22(25,26)27,13-3-1-4-13)12-30-18-6-2-5-17-19(18)29-10-9-28-17/h2,5-13,20,31H,1,3-4H2. The average molecular weight is 452 g/mol. The van der Waals surface area contributed by atoms with Crippen molar-refractivity contribution in [3.05, 3.63) is 65.2 Å². The van der Waals surface area contributed by atoms with E-state index in [1.807, 2.05) is 0 Å². The van der Waals surface area contributed by atoms with E-state index >= 15 is 0 Å². The molecule has 31 heavy (non-hydrogen) atoms. The number of nitrogens with zero attached hydrogens (tertiary/aromatic N) is 3. The number of halogens is 5. The van der Waals surface area contributed by atoms with Crippen LogP contribution < -0.4 is 0 Å². The Morgan fingerprint density at radius 3 is 2.55 bits per heavy atom. The number of aliphatic imine (C=N–C) groups is 1. The van der Waals surface area contributed by atoms with Crippen molar-refractivity contribution in [2.75, 3.05) is 0 Å². The average Bonchev–Trinajstić information content (AvgIpc) is 2.70. The minimum Gasteiger partial charge on any atom is -0.387 e. The Kier molecular flexibility index (Phi) is 5.70. The fraction of sp³-hybridized carbons (Fsp3) is 0.318. The van der Waals surface area contributed by atoms with Gasteiger partial charge in [0.2, 0.25) is 0 Å². The van der Waals surface area contributed by atoms with Gasteiger partial charge < -0.3 is 5.11 Å². The van der Waals surface area contributed by atoms with Gasteiger partial charge in [-0.15, -0.1) is 0 Å². The van der Waals surface area contributed by atoms with Gasteiger partial charge in [0.05, 0.1) is 11.2 Å². The summed E-state index contributed by atoms with van der Waals surface area (Å²) in [7, 11) is 0. The predicted molar refractivity (Wildman–Crippen MR) is 110 cm³/mol. The zero-order valence-corrected chi connectivity index (χ0v) is 16.9. The smallest absolute Gasteiger partial charge is 0.387 e. The molecule has 1 heterocycles. The summed E-state index contributed by atoms with van der Waals surface area (Å²) in [6, 6.07) is 7.81. The first-order valence-electron chi connectivity index (χ1n) is 9.69. The number of rotatable bonds is 5. The highest BCUT2D eigenvalue weighted by atomic mass is 35.5. The highest BCUT2D eigenvalue weighted by Crippen LogP contribution is 2.58. The number of hydrogen-bond acceptors (Lipinski definition) is 4. The van der Waals surface area contributed by atoms with E-state index in [2.05, 4.69) is 15.0 Å². The van der Waals surface area contributed by atoms with Gasteiger partial charge in [0, 0.05) is 29.2 Å². The number of aromatic nitrogens is 2. The third-order valence-corrected chi connectivity index (χ3v) is 6.22. The third kappa shape index (κ3) is 3.78. The van der Waals surface area contributed by atoms with Crippen molar-refractivity contribution < 1.29 is 22.7 Å². The van der Waals surface area contributed by atoms with E-state index in [1.165, 1.54) is 18.5 Å². The molecule has 1 aliphatic rings. The normalized spacial score (nSPS) is 18.1. The molecule has 2 atom stereocenters. The number of fused-ring (bicyclic) bond motifs is 1. The van der Waals surface area contributed by atoms with Gasteiger partial charge in [-0.2, -0.15) is 13.2 Å². The van der Waals surface area contributed by atoms with Gasteiger partial charge in [-0.1, -0.05) is 24.1 Å². The van der Waals surface area contributed by atoms with E-state index in [1.54, 1.807) is 12.1 Å². The van der Waals surface area contributed by atoms with Crippen molar-refractivity contribution in [1.82, 2.24) is 9.97 Å². The van der Waals surface area contributed by atoms with Crippen molar-refractivity contribution in [1.29, 1.82) is 0 Å². The molecule has 2 aromatic carbocycles. The summed E-state index contributed by atoms with van der Waals surface area (Å²) < 4.78 is 57.7. The van der Waals surface area contributed by atoms with E-state index < -0.39 is 29.4 Å². The second-order valence-corrected chi connectivity index (χ2v) is 7.99. The largest absolute Gasteiger partial charge is 0.402 e. The van der Waals surface area contributed by atoms with Crippen LogP contribution in [0.5, 0.6) is 0 Å². The van der Waals surface area contributed by atoms with Crippen LogP contribution in [0.1, 0.15) is 30.9 Å². The number of benzene rings is 2. The number of alkyl halides is 3. The number of hydrogen-bond donors (Lipinski definition) is 1. The molecule has 0 spiro atoms. The summed E-state index contributed by atoms with van der Waals surface area (Å²) in [6.07, 6.45) is -2.26. The SMILES string of the molecule is OC(c1cc(F)ccc1Cl)C(C=Nc1cccc2nccnc12)(C1CCC1)C(F)(F)F. The van der Waals surface area contributed by atoms with Crippen LogP contribution in [0.4, 0.5) is 23.2 Å². The van der Waals surface area contributed by atoms with E-state index in [-0.39, 0.29) is 29.1 Å². The molecule has 1 N–H and O–H groups in total. The van der Waals surface area contributed by atoms with Crippen LogP contribution in [0.25, 0.3) is 11.0 Å². The topological polar surface area (TPSA) is 58.4 Å². The van der Waals surface area contributed by atoms with Gasteiger partial charge in [-0.05, 0) is 49.1 Å². The molecule has 4 nitrogen and oxygen atoms in total. The molecule has 1 aliphatic carbocycles. The summed E-state index contributed by atoms with van der Waals surface area (Å²) in [5, 5.41) is 10.9. The fourth-order valence-corrected chi connectivity index (χ4v) is 4.21. The van der Waals surface area contributed by atoms with Gasteiger partial charge in [-0.3, -0.25) is 15.0 Å². The minimum atomic E-state index is -4.87. The van der Waals surface area contributed by atoms with Crippen molar-refractivity contribution in [3.63, 3.8) is 0 Å². The molecule has 1 saturated carbocycles. The fourth-order valence-electron chi connectivity index (χ4n) is 3.98. The lowest BCUT2D eigenvalue weighted by molar-refractivity contribution is -0.252. The van der Waals surface area contributed by atoms with Crippen LogP contribution in [0.2, 0.25) is 5.02 Å². The number of para-hydroxylation sites is 1. The van der Waals surface area contributed by atoms with E-state index in [4.69, 9.17) is 11.6 Å². The summed E-state index contributed by atoms with van der Waals surface area (Å²) >= 11 is 6.05. The first-order valence-corrected chi connectivity index (χ1v) is 10.1. The van der Waals surface area contributed by atoms with Crippen molar-refractivity contribution >= 4 is 34.5 Å². The predicted octanol–water partition coefficient (Wildman–Crippen LogP) is 6.21. The summed E-state index contributed by atoms with van der Waals surface area (Å²) in [4.78, 5) is 12.4. The highest BCUT2D eigenvalue weighted by molar-refractivity contribution is 6.31. The Morgan fingerprint density at radius 2 is 1.87 bits per heavy atom. The lowest BCUT2D eigenvalue weighted by Crippen LogP contribution is -2.52. The van der Waals surface area contributed by atoms with Gasteiger partial charge >= 0.3 is 6.18 Å². The summed E-state index contributed by atoms with van der Waals surface area (Å²) in [6.45, 7) is 0. The molecule has 2 unspecified atom stereocenters. The van der Waals surface area contributed by atoms with Crippen LogP contribution in [0.3, 0.4) is 0 Å². The van der Waals surface area contributed by atoms with E-state index in [0.717, 1.165) is 24.4 Å². The maximum Gasteiger partial charge on any atom is 0.402 e. The first-order chi connectivity index (χ1) is 14.7. The van der Waals surface area contributed by atoms with Crippen molar-refractivity contribution in [3.8, 4) is 0 Å². The number of aliphatic hydroxyl groups is 1. The lowest BCUT2D eigenvalue weighted by atomic mass is 9.61. The first kappa shape index (κ1) is 21.6. The molecule has 3 aromatic rings. The Bertz CT molecular complexity index is 1130. The molecule has 4 rings (SSSR count). The van der Waals surface area contributed by atoms with Crippen LogP contribution in [0, 0.1) is 17.2 Å². The molecular weight excluding hydrogens is 434 g/mol. The summed E-state index contributed by atoms with van der Waals surface area (Å²) in [5.41, 5.74) is -2.06. The zero-order chi connectivity index (χ0) is 22.2. The Labute approximate surface area is 180 Å². The highest BCUT2D eigenvalue weighted by Gasteiger charge is 2.64. The molecule has 0 radical (unpaired) electrons. The Morgan fingerprint density at radius 1 is 1.13 bits per heavy atom. The van der Waals surface area contributed by atoms with Crippen LogP contribution in [0.15, 0.2) is 53.8 Å². The number of aliphatic hydroxyl groups excluding tert-OH is 1. The molecular formula is C22H18ClF4N3O. The molecule has 1 aromatic heterocycles. The van der Waals surface area contributed by atoms with Crippen molar-refractivity contribution in [2.45, 2.75) is 31.5 Å². The maximum atomic E-state index is 14.6. The van der Waals surface area contributed by atoms with Gasteiger partial charge in [0.1, 0.15) is 22.9 Å². The van der Waals surface area contributed by atoms with E-state index in [9.17, 15) is 22.7 Å². The molecule has 0 aliphatic heterocycles. The molecule has 0 saturated heterocycles. The molecule has 0 bridgehead atoms. The minimum absolute atomic E-state index is 0.147. The maximum absolute atomic E-state index is 14.6. The summed E-state index contributed by atoms with van der Waals surface area (Å²) in [5.74, 6) is -1.71. The Balaban J connectivity index is 1.88. The van der Waals surface area contributed by atoms with Crippen molar-refractivity contribution in [2.24, 2.45) is 16.3 Å².